The standard InChI is InChI=1S/C18H17N5O3/c1-12-3-6-15(9-13(12)2)20-17(24)10-26-18(25)14-4-7-16(8-5-14)23-11-19-21-22-23/h3-9,11H,10H2,1-2H3,(H,20,24). The lowest BCUT2D eigenvalue weighted by atomic mass is 10.1. The van der Waals surface area contributed by atoms with Crippen molar-refractivity contribution in [2.75, 3.05) is 11.9 Å². The third kappa shape index (κ3) is 4.10. The Morgan fingerprint density at radius 3 is 2.50 bits per heavy atom. The minimum atomic E-state index is -0.580. The second-order valence-corrected chi connectivity index (χ2v) is 5.72. The monoisotopic (exact) mass is 351 g/mol. The van der Waals surface area contributed by atoms with Crippen molar-refractivity contribution in [1.82, 2.24) is 20.2 Å². The Morgan fingerprint density at radius 1 is 1.08 bits per heavy atom. The number of anilines is 1. The molecule has 1 aromatic heterocycles. The van der Waals surface area contributed by atoms with Gasteiger partial charge in [0.2, 0.25) is 0 Å². The Morgan fingerprint density at radius 2 is 1.85 bits per heavy atom. The summed E-state index contributed by atoms with van der Waals surface area (Å²) in [6.07, 6.45) is 1.45. The predicted octanol–water partition coefficient (Wildman–Crippen LogP) is 2.07. The molecule has 0 unspecified atom stereocenters. The molecule has 0 aliphatic carbocycles. The fraction of sp³-hybridized carbons (Fsp3) is 0.167. The van der Waals surface area contributed by atoms with Gasteiger partial charge >= 0.3 is 5.97 Å². The molecule has 3 rings (SSSR count). The largest absolute Gasteiger partial charge is 0.452 e. The molecule has 8 heteroatoms. The number of aryl methyl sites for hydroxylation is 2. The summed E-state index contributed by atoms with van der Waals surface area (Å²) in [4.78, 5) is 24.0. The average molecular weight is 351 g/mol. The van der Waals surface area contributed by atoms with Crippen molar-refractivity contribution in [2.24, 2.45) is 0 Å². The van der Waals surface area contributed by atoms with E-state index in [0.717, 1.165) is 11.1 Å². The number of hydrogen-bond acceptors (Lipinski definition) is 6. The summed E-state index contributed by atoms with van der Waals surface area (Å²) < 4.78 is 6.51. The summed E-state index contributed by atoms with van der Waals surface area (Å²) in [6.45, 7) is 3.60. The molecule has 26 heavy (non-hydrogen) atoms. The van der Waals surface area contributed by atoms with Crippen molar-refractivity contribution >= 4 is 17.6 Å². The maximum absolute atomic E-state index is 12.0. The highest BCUT2D eigenvalue weighted by Crippen LogP contribution is 2.14. The third-order valence-electron chi connectivity index (χ3n) is 3.84. The van der Waals surface area contributed by atoms with E-state index in [1.807, 2.05) is 26.0 Å². The number of amides is 1. The molecule has 132 valence electrons. The number of carbonyl (C=O) groups is 2. The lowest BCUT2D eigenvalue weighted by Crippen LogP contribution is -2.21. The zero-order valence-electron chi connectivity index (χ0n) is 14.3. The Balaban J connectivity index is 1.54. The summed E-state index contributed by atoms with van der Waals surface area (Å²) in [5.41, 5.74) is 3.92. The van der Waals surface area contributed by atoms with Crippen LogP contribution in [-0.2, 0) is 9.53 Å². The minimum absolute atomic E-state index is 0.334. The zero-order valence-corrected chi connectivity index (χ0v) is 14.3. The molecule has 8 nitrogen and oxygen atoms in total. The number of aromatic nitrogens is 4. The molecule has 2 aromatic carbocycles. The molecular weight excluding hydrogens is 334 g/mol. The topological polar surface area (TPSA) is 99.0 Å². The average Bonchev–Trinajstić information content (AvgIpc) is 3.18. The summed E-state index contributed by atoms with van der Waals surface area (Å²) in [5, 5.41) is 13.6. The van der Waals surface area contributed by atoms with Gasteiger partial charge in [-0.25, -0.2) is 9.48 Å². The van der Waals surface area contributed by atoms with Crippen LogP contribution in [0.2, 0.25) is 0 Å². The van der Waals surface area contributed by atoms with Gasteiger partial charge in [0.25, 0.3) is 5.91 Å². The van der Waals surface area contributed by atoms with Crippen LogP contribution in [0.25, 0.3) is 5.69 Å². The third-order valence-corrected chi connectivity index (χ3v) is 3.84. The molecule has 0 bridgehead atoms. The van der Waals surface area contributed by atoms with Gasteiger partial charge in [0.15, 0.2) is 6.61 Å². The summed E-state index contributed by atoms with van der Waals surface area (Å²) in [7, 11) is 0. The molecule has 0 aliphatic heterocycles. The van der Waals surface area contributed by atoms with Crippen LogP contribution in [0, 0.1) is 13.8 Å². The smallest absolute Gasteiger partial charge is 0.338 e. The van der Waals surface area contributed by atoms with Crippen molar-refractivity contribution in [3.63, 3.8) is 0 Å². The molecule has 0 saturated heterocycles. The van der Waals surface area contributed by atoms with E-state index >= 15 is 0 Å². The van der Waals surface area contributed by atoms with E-state index in [9.17, 15) is 9.59 Å². The molecule has 0 atom stereocenters. The first-order valence-corrected chi connectivity index (χ1v) is 7.90. The first-order valence-electron chi connectivity index (χ1n) is 7.90. The van der Waals surface area contributed by atoms with E-state index in [-0.39, 0.29) is 6.61 Å². The highest BCUT2D eigenvalue weighted by Gasteiger charge is 2.11. The molecule has 0 radical (unpaired) electrons. The summed E-state index contributed by atoms with van der Waals surface area (Å²) in [6, 6.07) is 12.1. The first kappa shape index (κ1) is 17.3. The fourth-order valence-electron chi connectivity index (χ4n) is 2.26. The Labute approximate surface area is 149 Å². The van der Waals surface area contributed by atoms with Gasteiger partial charge in [0.05, 0.1) is 11.3 Å². The molecule has 0 aliphatic rings. The first-order chi connectivity index (χ1) is 12.5. The van der Waals surface area contributed by atoms with Crippen molar-refractivity contribution in [1.29, 1.82) is 0 Å². The van der Waals surface area contributed by atoms with E-state index in [0.29, 0.717) is 16.9 Å². The number of hydrogen-bond donors (Lipinski definition) is 1. The van der Waals surface area contributed by atoms with Crippen LogP contribution in [-0.4, -0.2) is 38.7 Å². The van der Waals surface area contributed by atoms with E-state index in [1.165, 1.54) is 11.0 Å². The number of tetrazole rings is 1. The number of ether oxygens (including phenoxy) is 1. The quantitative estimate of drug-likeness (QED) is 0.707. The molecule has 3 aromatic rings. The molecule has 0 saturated carbocycles. The normalized spacial score (nSPS) is 10.4. The van der Waals surface area contributed by atoms with Crippen molar-refractivity contribution in [2.45, 2.75) is 13.8 Å². The highest BCUT2D eigenvalue weighted by atomic mass is 16.5. The summed E-state index contributed by atoms with van der Waals surface area (Å²) in [5.74, 6) is -0.976. The van der Waals surface area contributed by atoms with Crippen LogP contribution in [0.15, 0.2) is 48.8 Å². The van der Waals surface area contributed by atoms with Gasteiger partial charge in [-0.1, -0.05) is 6.07 Å². The van der Waals surface area contributed by atoms with Gasteiger partial charge in [-0.05, 0) is 71.8 Å². The van der Waals surface area contributed by atoms with Gasteiger partial charge in [0.1, 0.15) is 6.33 Å². The van der Waals surface area contributed by atoms with E-state index < -0.39 is 11.9 Å². The van der Waals surface area contributed by atoms with Gasteiger partial charge < -0.3 is 10.1 Å². The number of esters is 1. The van der Waals surface area contributed by atoms with Crippen molar-refractivity contribution < 1.29 is 14.3 Å². The number of nitrogens with one attached hydrogen (secondary N) is 1. The second-order valence-electron chi connectivity index (χ2n) is 5.72. The zero-order chi connectivity index (χ0) is 18.5. The van der Waals surface area contributed by atoms with Crippen molar-refractivity contribution in [3.05, 3.63) is 65.5 Å². The molecule has 1 amide bonds. The molecular formula is C18H17N5O3. The lowest BCUT2D eigenvalue weighted by Gasteiger charge is -2.08. The molecule has 0 fully saturated rings. The SMILES string of the molecule is Cc1ccc(NC(=O)COC(=O)c2ccc(-n3cnnn3)cc2)cc1C. The van der Waals surface area contributed by atoms with E-state index in [1.54, 1.807) is 30.3 Å². The van der Waals surface area contributed by atoms with Crippen LogP contribution in [0.3, 0.4) is 0 Å². The Bertz CT molecular complexity index is 921. The lowest BCUT2D eigenvalue weighted by molar-refractivity contribution is -0.119. The fourth-order valence-corrected chi connectivity index (χ4v) is 2.26. The van der Waals surface area contributed by atoms with E-state index in [2.05, 4.69) is 20.8 Å². The molecule has 1 heterocycles. The number of rotatable bonds is 5. The van der Waals surface area contributed by atoms with Crippen LogP contribution >= 0.6 is 0 Å². The van der Waals surface area contributed by atoms with Crippen LogP contribution < -0.4 is 5.32 Å². The summed E-state index contributed by atoms with van der Waals surface area (Å²) >= 11 is 0. The molecule has 1 N–H and O–H groups in total. The number of nitrogens with zero attached hydrogens (tertiary/aromatic N) is 4. The Hall–Kier alpha value is -3.55. The maximum atomic E-state index is 12.0. The van der Waals surface area contributed by atoms with Gasteiger partial charge in [-0.15, -0.1) is 5.10 Å². The van der Waals surface area contributed by atoms with Crippen LogP contribution in [0.5, 0.6) is 0 Å². The second kappa shape index (κ2) is 7.56. The highest BCUT2D eigenvalue weighted by molar-refractivity contribution is 5.95. The maximum Gasteiger partial charge on any atom is 0.338 e. The van der Waals surface area contributed by atoms with Gasteiger partial charge in [-0.2, -0.15) is 0 Å². The molecule has 0 spiro atoms. The van der Waals surface area contributed by atoms with Gasteiger partial charge in [0, 0.05) is 5.69 Å². The minimum Gasteiger partial charge on any atom is -0.452 e. The number of benzene rings is 2. The predicted molar refractivity (Wildman–Crippen MR) is 94.0 cm³/mol. The van der Waals surface area contributed by atoms with Crippen molar-refractivity contribution in [3.8, 4) is 5.69 Å². The van der Waals surface area contributed by atoms with Gasteiger partial charge in [-0.3, -0.25) is 4.79 Å². The van der Waals surface area contributed by atoms with Crippen LogP contribution in [0.1, 0.15) is 21.5 Å². The Kier molecular flexibility index (Phi) is 5.02. The van der Waals surface area contributed by atoms with Crippen LogP contribution in [0.4, 0.5) is 5.69 Å². The number of carbonyl (C=O) groups excluding carboxylic acids is 2. The van der Waals surface area contributed by atoms with E-state index in [4.69, 9.17) is 4.74 Å².